The minimum absolute atomic E-state index is 0.145. The van der Waals surface area contributed by atoms with Gasteiger partial charge in [-0.3, -0.25) is 9.59 Å². The molecule has 0 saturated carbocycles. The number of hydrogen-bond donors (Lipinski definition) is 1. The first-order valence-electron chi connectivity index (χ1n) is 10.8. The van der Waals surface area contributed by atoms with Gasteiger partial charge in [0.25, 0.3) is 5.91 Å². The zero-order valence-corrected chi connectivity index (χ0v) is 22.0. The van der Waals surface area contributed by atoms with Crippen molar-refractivity contribution in [2.24, 2.45) is 0 Å². The molecule has 0 saturated heterocycles. The maximum absolute atomic E-state index is 13.1. The van der Waals surface area contributed by atoms with Crippen molar-refractivity contribution in [1.82, 2.24) is 14.7 Å². The maximum Gasteiger partial charge on any atom is 0.254 e. The predicted octanol–water partition coefficient (Wildman–Crippen LogP) is 6.62. The summed E-state index contributed by atoms with van der Waals surface area (Å²) in [6.07, 6.45) is 0. The van der Waals surface area contributed by atoms with Crippen LogP contribution in [-0.4, -0.2) is 39.1 Å². The number of benzene rings is 2. The summed E-state index contributed by atoms with van der Waals surface area (Å²) in [6, 6.07) is 13.5. The molecule has 0 spiro atoms. The van der Waals surface area contributed by atoms with E-state index in [2.05, 4.69) is 5.32 Å². The van der Waals surface area contributed by atoms with Gasteiger partial charge >= 0.3 is 0 Å². The number of halogens is 3. The molecule has 0 aliphatic heterocycles. The molecule has 3 rings (SSSR count). The molecule has 180 valence electrons. The summed E-state index contributed by atoms with van der Waals surface area (Å²) < 4.78 is 1.66. The van der Waals surface area contributed by atoms with Crippen LogP contribution in [0.4, 0.5) is 5.82 Å². The third-order valence-electron chi connectivity index (χ3n) is 5.18. The van der Waals surface area contributed by atoms with Crippen LogP contribution in [0.1, 0.15) is 50.7 Å². The first-order valence-corrected chi connectivity index (χ1v) is 11.9. The SMILES string of the molecule is CC(C)N(CC(=O)Nc1cc(C(C)(C)C)nn1-c1ccc(Cl)cc1)C(=O)c1ccc(Cl)c(Cl)c1. The summed E-state index contributed by atoms with van der Waals surface area (Å²) >= 11 is 18.1. The molecule has 1 heterocycles. The van der Waals surface area contributed by atoms with Gasteiger partial charge in [0.15, 0.2) is 0 Å². The lowest BCUT2D eigenvalue weighted by Crippen LogP contribution is -2.42. The fraction of sp³-hybridized carbons (Fsp3) is 0.320. The van der Waals surface area contributed by atoms with Crippen LogP contribution in [0.25, 0.3) is 5.69 Å². The molecule has 1 N–H and O–H groups in total. The number of hydrogen-bond acceptors (Lipinski definition) is 3. The van der Waals surface area contributed by atoms with Crippen molar-refractivity contribution in [2.45, 2.75) is 46.1 Å². The molecule has 9 heteroatoms. The normalized spacial score (nSPS) is 11.6. The van der Waals surface area contributed by atoms with Crippen molar-refractivity contribution in [3.63, 3.8) is 0 Å². The fourth-order valence-electron chi connectivity index (χ4n) is 3.24. The lowest BCUT2D eigenvalue weighted by molar-refractivity contribution is -0.117. The highest BCUT2D eigenvalue weighted by Gasteiger charge is 2.25. The van der Waals surface area contributed by atoms with E-state index in [9.17, 15) is 9.59 Å². The van der Waals surface area contributed by atoms with Gasteiger partial charge in [0.05, 0.1) is 21.4 Å². The Labute approximate surface area is 214 Å². The number of nitrogens with zero attached hydrogens (tertiary/aromatic N) is 3. The predicted molar refractivity (Wildman–Crippen MR) is 139 cm³/mol. The van der Waals surface area contributed by atoms with Crippen LogP contribution < -0.4 is 5.32 Å². The zero-order chi connectivity index (χ0) is 25.2. The van der Waals surface area contributed by atoms with Gasteiger partial charge in [0, 0.05) is 28.1 Å². The van der Waals surface area contributed by atoms with Crippen molar-refractivity contribution in [1.29, 1.82) is 0 Å². The molecule has 3 aromatic rings. The molecule has 6 nitrogen and oxygen atoms in total. The highest BCUT2D eigenvalue weighted by Crippen LogP contribution is 2.27. The van der Waals surface area contributed by atoms with Crippen molar-refractivity contribution >= 4 is 52.4 Å². The van der Waals surface area contributed by atoms with Crippen LogP contribution in [0.3, 0.4) is 0 Å². The minimum Gasteiger partial charge on any atom is -0.327 e. The molecule has 0 aliphatic carbocycles. The van der Waals surface area contributed by atoms with E-state index in [0.29, 0.717) is 21.4 Å². The second-order valence-electron chi connectivity index (χ2n) is 9.26. The first-order chi connectivity index (χ1) is 15.9. The number of carbonyl (C=O) groups excluding carboxylic acids is 2. The van der Waals surface area contributed by atoms with Gasteiger partial charge in [-0.15, -0.1) is 0 Å². The molecule has 0 atom stereocenters. The first kappa shape index (κ1) is 26.1. The van der Waals surface area contributed by atoms with Gasteiger partial charge in [-0.2, -0.15) is 5.10 Å². The molecule has 0 radical (unpaired) electrons. The average molecular weight is 522 g/mol. The van der Waals surface area contributed by atoms with E-state index in [-0.39, 0.29) is 34.8 Å². The standard InChI is InChI=1S/C25H27Cl3N4O2/c1-15(2)31(24(34)16-6-11-19(27)20(28)12-16)14-23(33)29-22-13-21(25(3,4)5)30-32(22)18-9-7-17(26)8-10-18/h6-13,15H,14H2,1-5H3,(H,29,33). The lowest BCUT2D eigenvalue weighted by Gasteiger charge is -2.26. The van der Waals surface area contributed by atoms with E-state index in [1.165, 1.54) is 11.0 Å². The minimum atomic E-state index is -0.349. The van der Waals surface area contributed by atoms with Crippen LogP contribution in [-0.2, 0) is 10.2 Å². The molecule has 34 heavy (non-hydrogen) atoms. The van der Waals surface area contributed by atoms with Crippen molar-refractivity contribution < 1.29 is 9.59 Å². The van der Waals surface area contributed by atoms with Gasteiger partial charge < -0.3 is 10.2 Å². The molecule has 2 amide bonds. The monoisotopic (exact) mass is 520 g/mol. The summed E-state index contributed by atoms with van der Waals surface area (Å²) in [4.78, 5) is 27.6. The summed E-state index contributed by atoms with van der Waals surface area (Å²) in [7, 11) is 0. The van der Waals surface area contributed by atoms with Crippen molar-refractivity contribution in [2.75, 3.05) is 11.9 Å². The quantitative estimate of drug-likeness (QED) is 0.396. The Morgan fingerprint density at radius 2 is 1.65 bits per heavy atom. The number of anilines is 1. The molecular weight excluding hydrogens is 495 g/mol. The Bertz CT molecular complexity index is 1200. The third kappa shape index (κ3) is 6.12. The summed E-state index contributed by atoms with van der Waals surface area (Å²) in [5.74, 6) is -0.161. The second-order valence-corrected chi connectivity index (χ2v) is 10.5. The molecule has 0 fully saturated rings. The molecule has 0 unspecified atom stereocenters. The molecule has 0 aliphatic rings. The third-order valence-corrected chi connectivity index (χ3v) is 6.17. The van der Waals surface area contributed by atoms with Gasteiger partial charge in [-0.1, -0.05) is 55.6 Å². The van der Waals surface area contributed by atoms with Gasteiger partial charge in [-0.25, -0.2) is 4.68 Å². The van der Waals surface area contributed by atoms with E-state index in [4.69, 9.17) is 39.9 Å². The van der Waals surface area contributed by atoms with E-state index in [1.807, 2.05) is 52.8 Å². The number of rotatable bonds is 6. The van der Waals surface area contributed by atoms with Crippen LogP contribution in [0, 0.1) is 0 Å². The molecular formula is C25H27Cl3N4O2. The largest absolute Gasteiger partial charge is 0.327 e. The van der Waals surface area contributed by atoms with E-state index in [0.717, 1.165) is 11.4 Å². The summed E-state index contributed by atoms with van der Waals surface area (Å²) in [5, 5.41) is 8.86. The highest BCUT2D eigenvalue weighted by molar-refractivity contribution is 6.42. The smallest absolute Gasteiger partial charge is 0.254 e. The average Bonchev–Trinajstić information content (AvgIpc) is 3.18. The Hall–Kier alpha value is -2.54. The number of carbonyl (C=O) groups is 2. The van der Waals surface area contributed by atoms with E-state index >= 15 is 0 Å². The summed E-state index contributed by atoms with van der Waals surface area (Å²) in [6.45, 7) is 9.68. The Morgan fingerprint density at radius 3 is 2.21 bits per heavy atom. The number of amides is 2. The van der Waals surface area contributed by atoms with Crippen LogP contribution >= 0.6 is 34.8 Å². The Morgan fingerprint density at radius 1 is 1.00 bits per heavy atom. The lowest BCUT2D eigenvalue weighted by atomic mass is 9.92. The fourth-order valence-corrected chi connectivity index (χ4v) is 3.66. The highest BCUT2D eigenvalue weighted by atomic mass is 35.5. The second kappa shape index (κ2) is 10.4. The van der Waals surface area contributed by atoms with Crippen LogP contribution in [0.15, 0.2) is 48.5 Å². The molecule has 1 aromatic heterocycles. The topological polar surface area (TPSA) is 67.2 Å². The maximum atomic E-state index is 13.1. The van der Waals surface area contributed by atoms with Gasteiger partial charge in [-0.05, 0) is 56.3 Å². The Kier molecular flexibility index (Phi) is 7.96. The van der Waals surface area contributed by atoms with Gasteiger partial charge in [0.1, 0.15) is 12.4 Å². The van der Waals surface area contributed by atoms with Crippen LogP contribution in [0.2, 0.25) is 15.1 Å². The van der Waals surface area contributed by atoms with Crippen LogP contribution in [0.5, 0.6) is 0 Å². The van der Waals surface area contributed by atoms with Crippen molar-refractivity contribution in [3.8, 4) is 5.69 Å². The zero-order valence-electron chi connectivity index (χ0n) is 19.7. The number of nitrogens with one attached hydrogen (secondary N) is 1. The van der Waals surface area contributed by atoms with Crippen molar-refractivity contribution in [3.05, 3.63) is 74.9 Å². The number of aromatic nitrogens is 2. The van der Waals surface area contributed by atoms with Gasteiger partial charge in [0.2, 0.25) is 5.91 Å². The molecule has 0 bridgehead atoms. The van der Waals surface area contributed by atoms with E-state index in [1.54, 1.807) is 28.9 Å². The van der Waals surface area contributed by atoms with E-state index < -0.39 is 0 Å². The summed E-state index contributed by atoms with van der Waals surface area (Å²) in [5.41, 5.74) is 1.69. The Balaban J connectivity index is 1.87. The molecule has 2 aromatic carbocycles.